The fraction of sp³-hybridized carbons (Fsp3) is 0.333. The fourth-order valence-corrected chi connectivity index (χ4v) is 17.2. The van der Waals surface area contributed by atoms with Gasteiger partial charge in [-0.15, -0.1) is 0 Å². The van der Waals surface area contributed by atoms with E-state index in [0.29, 0.717) is 11.8 Å². The monoisotopic (exact) mass is 843 g/mol. The maximum atomic E-state index is 6.61. The van der Waals surface area contributed by atoms with Gasteiger partial charge in [0.25, 0.3) is 0 Å². The zero-order chi connectivity index (χ0) is 42.6. The Morgan fingerprint density at radius 3 is 1.85 bits per heavy atom. The van der Waals surface area contributed by atoms with Crippen LogP contribution in [-0.4, -0.2) is 0 Å². The number of benzene rings is 7. The predicted octanol–water partition coefficient (Wildman–Crippen LogP) is 16.9. The number of fused-ring (bicyclic) bond motifs is 9. The van der Waals surface area contributed by atoms with Gasteiger partial charge in [0.15, 0.2) is 0 Å². The molecule has 2 spiro atoms. The van der Waals surface area contributed by atoms with Gasteiger partial charge in [-0.1, -0.05) is 135 Å². The van der Waals surface area contributed by atoms with E-state index in [1.165, 1.54) is 126 Å². The molecule has 320 valence electrons. The Bertz CT molecular complexity index is 3200. The molecule has 16 rings (SSSR count). The molecule has 2 atom stereocenters. The smallest absolute Gasteiger partial charge is 0.143 e. The molecule has 0 saturated heterocycles. The summed E-state index contributed by atoms with van der Waals surface area (Å²) in [4.78, 5) is 2.73. The highest BCUT2D eigenvalue weighted by atomic mass is 16.3. The van der Waals surface area contributed by atoms with Crippen molar-refractivity contribution in [3.05, 3.63) is 174 Å². The SMILES string of the molecule is CCC1CC2CCCC(C1)C21c2ccccc2-c2cccc(N(c3ccc(-c4cccc5c4oc4ccccc45)cc3)c3ccc4c(c3)C3(c5ccccc5-4)C4CC5CC(C4)CC3C5)c21. The van der Waals surface area contributed by atoms with Crippen LogP contribution in [0.5, 0.6) is 0 Å². The summed E-state index contributed by atoms with van der Waals surface area (Å²) in [5, 5.41) is 2.35. The second kappa shape index (κ2) is 13.6. The van der Waals surface area contributed by atoms with Crippen molar-refractivity contribution in [2.24, 2.45) is 41.4 Å². The summed E-state index contributed by atoms with van der Waals surface area (Å²) in [5.74, 6) is 5.36. The van der Waals surface area contributed by atoms with Gasteiger partial charge in [0, 0.05) is 38.5 Å². The highest BCUT2D eigenvalue weighted by molar-refractivity contribution is 6.09. The third-order valence-corrected chi connectivity index (χ3v) is 19.2. The Hall–Kier alpha value is -5.86. The van der Waals surface area contributed by atoms with Crippen LogP contribution < -0.4 is 4.90 Å². The molecule has 2 nitrogen and oxygen atoms in total. The second-order valence-corrected chi connectivity index (χ2v) is 21.8. The van der Waals surface area contributed by atoms with Crippen LogP contribution in [0.2, 0.25) is 0 Å². The van der Waals surface area contributed by atoms with E-state index in [4.69, 9.17) is 4.42 Å². The number of hydrogen-bond donors (Lipinski definition) is 0. The molecule has 0 N–H and O–H groups in total. The molecule has 2 unspecified atom stereocenters. The molecule has 8 aliphatic rings. The maximum absolute atomic E-state index is 6.61. The van der Waals surface area contributed by atoms with Crippen LogP contribution in [0.25, 0.3) is 55.3 Å². The summed E-state index contributed by atoms with van der Waals surface area (Å²) < 4.78 is 6.61. The van der Waals surface area contributed by atoms with Crippen molar-refractivity contribution in [3.8, 4) is 33.4 Å². The molecular weight excluding hydrogens is 787 g/mol. The lowest BCUT2D eigenvalue weighted by Gasteiger charge is -2.61. The van der Waals surface area contributed by atoms with Crippen molar-refractivity contribution in [1.82, 2.24) is 0 Å². The highest BCUT2D eigenvalue weighted by Crippen LogP contribution is 2.71. The summed E-state index contributed by atoms with van der Waals surface area (Å²) in [6.45, 7) is 2.45. The maximum Gasteiger partial charge on any atom is 0.143 e. The van der Waals surface area contributed by atoms with Crippen molar-refractivity contribution < 1.29 is 4.42 Å². The van der Waals surface area contributed by atoms with E-state index in [0.717, 1.165) is 46.3 Å². The molecule has 8 aromatic rings. The number of anilines is 3. The molecule has 6 saturated carbocycles. The lowest BCUT2D eigenvalue weighted by atomic mass is 9.43. The van der Waals surface area contributed by atoms with E-state index < -0.39 is 0 Å². The number of para-hydroxylation sites is 2. The first-order valence-corrected chi connectivity index (χ1v) is 25.4. The van der Waals surface area contributed by atoms with Gasteiger partial charge in [-0.3, -0.25) is 0 Å². The average molecular weight is 844 g/mol. The van der Waals surface area contributed by atoms with Crippen molar-refractivity contribution in [1.29, 1.82) is 0 Å². The minimum Gasteiger partial charge on any atom is -0.455 e. The highest BCUT2D eigenvalue weighted by Gasteiger charge is 2.62. The van der Waals surface area contributed by atoms with Crippen molar-refractivity contribution in [2.75, 3.05) is 4.90 Å². The van der Waals surface area contributed by atoms with Gasteiger partial charge in [0.1, 0.15) is 11.2 Å². The van der Waals surface area contributed by atoms with Crippen molar-refractivity contribution in [2.45, 2.75) is 88.4 Å². The molecule has 0 radical (unpaired) electrons. The predicted molar refractivity (Wildman–Crippen MR) is 267 cm³/mol. The summed E-state index contributed by atoms with van der Waals surface area (Å²) >= 11 is 0. The van der Waals surface area contributed by atoms with Gasteiger partial charge in [-0.25, -0.2) is 0 Å². The first-order chi connectivity index (χ1) is 32.1. The number of nitrogens with zero attached hydrogens (tertiary/aromatic N) is 1. The standard InChI is InChI=1S/C63H57NO/c1-2-38-31-42-12-9-13-43(32-38)63(42)56-21-7-4-15-50(56)53-18-11-22-58(60(53)63)64(46-26-24-41(25-27-46)48-17-10-19-54-52-16-5-8-23-59(52)65-61(48)54)47-28-29-51-49-14-3-6-20-55(49)62(57(51)37-47)44-33-39-30-40(35-44)36-45(62)34-39/h3-8,10-11,14-29,37-40,42-45H,2,9,12-13,30-36H2,1H3. The van der Waals surface area contributed by atoms with E-state index in [1.807, 2.05) is 0 Å². The van der Waals surface area contributed by atoms with Crippen LogP contribution in [-0.2, 0) is 10.8 Å². The van der Waals surface area contributed by atoms with E-state index >= 15 is 0 Å². The van der Waals surface area contributed by atoms with Gasteiger partial charge in [-0.05, 0) is 186 Å². The Labute approximate surface area is 383 Å². The molecule has 2 heteroatoms. The third kappa shape index (κ3) is 4.86. The van der Waals surface area contributed by atoms with Crippen LogP contribution >= 0.6 is 0 Å². The van der Waals surface area contributed by atoms with Gasteiger partial charge in [-0.2, -0.15) is 0 Å². The normalized spacial score (nSPS) is 29.6. The van der Waals surface area contributed by atoms with Crippen LogP contribution in [0.15, 0.2) is 156 Å². The van der Waals surface area contributed by atoms with E-state index in [-0.39, 0.29) is 10.8 Å². The lowest BCUT2D eigenvalue weighted by molar-refractivity contribution is -0.0399. The largest absolute Gasteiger partial charge is 0.455 e. The first-order valence-electron chi connectivity index (χ1n) is 25.4. The van der Waals surface area contributed by atoms with E-state index in [9.17, 15) is 0 Å². The molecule has 0 aliphatic heterocycles. The van der Waals surface area contributed by atoms with Crippen LogP contribution in [0.1, 0.15) is 99.8 Å². The molecule has 6 fully saturated rings. The molecule has 7 aromatic carbocycles. The Kier molecular flexibility index (Phi) is 7.82. The third-order valence-electron chi connectivity index (χ3n) is 19.2. The zero-order valence-corrected chi connectivity index (χ0v) is 37.6. The van der Waals surface area contributed by atoms with Crippen molar-refractivity contribution >= 4 is 39.0 Å². The zero-order valence-electron chi connectivity index (χ0n) is 37.6. The molecule has 8 aliphatic carbocycles. The minimum atomic E-state index is 0.0111. The first kappa shape index (κ1) is 37.4. The molecular formula is C63H57NO. The van der Waals surface area contributed by atoms with Crippen LogP contribution in [0.3, 0.4) is 0 Å². The van der Waals surface area contributed by atoms with Gasteiger partial charge in [0.05, 0.1) is 5.69 Å². The number of rotatable bonds is 5. The molecule has 65 heavy (non-hydrogen) atoms. The molecule has 1 aromatic heterocycles. The Morgan fingerprint density at radius 2 is 1.09 bits per heavy atom. The van der Waals surface area contributed by atoms with Crippen molar-refractivity contribution in [3.63, 3.8) is 0 Å². The minimum absolute atomic E-state index is 0.0111. The summed E-state index contributed by atoms with van der Waals surface area (Å²) in [5.41, 5.74) is 20.7. The molecule has 6 bridgehead atoms. The van der Waals surface area contributed by atoms with E-state index in [2.05, 4.69) is 163 Å². The quantitative estimate of drug-likeness (QED) is 0.172. The molecule has 0 amide bonds. The average Bonchev–Trinajstić information content (AvgIpc) is 3.96. The fourth-order valence-electron chi connectivity index (χ4n) is 17.2. The van der Waals surface area contributed by atoms with Crippen LogP contribution in [0.4, 0.5) is 17.1 Å². The van der Waals surface area contributed by atoms with E-state index in [1.54, 1.807) is 22.3 Å². The second-order valence-electron chi connectivity index (χ2n) is 21.8. The molecule has 1 heterocycles. The summed E-state index contributed by atoms with van der Waals surface area (Å²) in [7, 11) is 0. The topological polar surface area (TPSA) is 16.4 Å². The number of hydrogen-bond acceptors (Lipinski definition) is 2. The van der Waals surface area contributed by atoms with Gasteiger partial charge in [0.2, 0.25) is 0 Å². The van der Waals surface area contributed by atoms with Crippen LogP contribution in [0, 0.1) is 41.4 Å². The Balaban J connectivity index is 0.962. The summed E-state index contributed by atoms with van der Waals surface area (Å²) in [6.07, 6.45) is 15.0. The van der Waals surface area contributed by atoms with Gasteiger partial charge >= 0.3 is 0 Å². The Morgan fingerprint density at radius 1 is 0.492 bits per heavy atom. The lowest BCUT2D eigenvalue weighted by Crippen LogP contribution is -2.55. The number of furan rings is 1. The summed E-state index contributed by atoms with van der Waals surface area (Å²) in [6, 6.07) is 59.0. The van der Waals surface area contributed by atoms with Gasteiger partial charge < -0.3 is 9.32 Å².